The van der Waals surface area contributed by atoms with E-state index in [0.29, 0.717) is 0 Å². The number of alkyl halides is 3. The van der Waals surface area contributed by atoms with E-state index in [1.165, 1.54) is 18.6 Å². The van der Waals surface area contributed by atoms with Crippen LogP contribution in [0.5, 0.6) is 0 Å². The maximum absolute atomic E-state index is 12.5. The lowest BCUT2D eigenvalue weighted by Gasteiger charge is -2.24. The molecule has 2 rings (SSSR count). The third-order valence-corrected chi connectivity index (χ3v) is 3.30. The first-order valence-corrected chi connectivity index (χ1v) is 7.23. The predicted molar refractivity (Wildman–Crippen MR) is 80.8 cm³/mol. The summed E-state index contributed by atoms with van der Waals surface area (Å²) >= 11 is 0. The van der Waals surface area contributed by atoms with Gasteiger partial charge in [-0.1, -0.05) is 32.4 Å². The van der Waals surface area contributed by atoms with Crippen molar-refractivity contribution in [3.05, 3.63) is 46.8 Å². The number of halogens is 3. The van der Waals surface area contributed by atoms with Gasteiger partial charge in [-0.2, -0.15) is 13.2 Å². The van der Waals surface area contributed by atoms with Crippen LogP contribution in [0.1, 0.15) is 44.5 Å². The molecule has 124 valence electrons. The van der Waals surface area contributed by atoms with Crippen LogP contribution in [0, 0.1) is 0 Å². The quantitative estimate of drug-likeness (QED) is 0.869. The minimum Gasteiger partial charge on any atom is -0.390 e. The molecule has 1 aromatic carbocycles. The minimum absolute atomic E-state index is 0.105. The molecule has 1 heterocycles. The van der Waals surface area contributed by atoms with Crippen molar-refractivity contribution >= 4 is 0 Å². The first-order valence-electron chi connectivity index (χ1n) is 7.23. The minimum atomic E-state index is -4.32. The van der Waals surface area contributed by atoms with E-state index in [1.807, 2.05) is 11.8 Å². The van der Waals surface area contributed by atoms with Gasteiger partial charge in [0.25, 0.3) is 0 Å². The number of allylic oxidation sites excluding steroid dienone is 1. The Morgan fingerprint density at radius 1 is 1.18 bits per heavy atom. The third-order valence-electron chi connectivity index (χ3n) is 3.30. The maximum Gasteiger partial charge on any atom is 0.416 e. The summed E-state index contributed by atoms with van der Waals surface area (Å²) in [6.07, 6.45) is -3.32. The van der Waals surface area contributed by atoms with Gasteiger partial charge >= 0.3 is 6.18 Å². The SMILES string of the molecule is CC1=C(CO)N(C)C(c2ccc(C(F)(F)F)cc2)N1.CCC. The van der Waals surface area contributed by atoms with E-state index in [-0.39, 0.29) is 12.8 Å². The first kappa shape index (κ1) is 18.4. The molecule has 3 nitrogen and oxygen atoms in total. The smallest absolute Gasteiger partial charge is 0.390 e. The second kappa shape index (κ2) is 7.54. The van der Waals surface area contributed by atoms with Crippen molar-refractivity contribution < 1.29 is 18.3 Å². The summed E-state index contributed by atoms with van der Waals surface area (Å²) in [6.45, 7) is 5.97. The Hall–Kier alpha value is -1.69. The van der Waals surface area contributed by atoms with Gasteiger partial charge < -0.3 is 15.3 Å². The Kier molecular flexibility index (Phi) is 6.29. The molecule has 0 spiro atoms. The van der Waals surface area contributed by atoms with Crippen LogP contribution >= 0.6 is 0 Å². The Morgan fingerprint density at radius 2 is 1.68 bits per heavy atom. The molecule has 0 radical (unpaired) electrons. The van der Waals surface area contributed by atoms with Gasteiger partial charge in [0.15, 0.2) is 0 Å². The van der Waals surface area contributed by atoms with Gasteiger partial charge in [0.2, 0.25) is 0 Å². The average molecular weight is 316 g/mol. The molecule has 0 amide bonds. The molecule has 0 aliphatic carbocycles. The van der Waals surface area contributed by atoms with Crippen LogP contribution in [-0.4, -0.2) is 23.7 Å². The molecule has 2 N–H and O–H groups in total. The van der Waals surface area contributed by atoms with Crippen LogP contribution in [0.2, 0.25) is 0 Å². The summed E-state index contributed by atoms with van der Waals surface area (Å²) < 4.78 is 37.5. The van der Waals surface area contributed by atoms with E-state index in [1.54, 1.807) is 7.05 Å². The third kappa shape index (κ3) is 4.16. The fourth-order valence-corrected chi connectivity index (χ4v) is 2.20. The molecule has 22 heavy (non-hydrogen) atoms. The standard InChI is InChI=1S/C13H15F3N2O.C3H8/c1-8-11(7-19)18(2)12(17-8)9-3-5-10(6-4-9)13(14,15)16;1-3-2/h3-6,12,17,19H,7H2,1-2H3;3H2,1-2H3. The van der Waals surface area contributed by atoms with Gasteiger partial charge in [-0.3, -0.25) is 0 Å². The van der Waals surface area contributed by atoms with E-state index in [2.05, 4.69) is 19.2 Å². The lowest BCUT2D eigenvalue weighted by molar-refractivity contribution is -0.137. The molecule has 0 bridgehead atoms. The molecule has 1 unspecified atom stereocenters. The molecule has 1 atom stereocenters. The average Bonchev–Trinajstić information content (AvgIpc) is 2.73. The summed E-state index contributed by atoms with van der Waals surface area (Å²) in [5.41, 5.74) is 1.63. The van der Waals surface area contributed by atoms with Crippen LogP contribution in [0.15, 0.2) is 35.7 Å². The number of aliphatic hydroxyl groups is 1. The number of benzene rings is 1. The summed E-state index contributed by atoms with van der Waals surface area (Å²) in [5.74, 6) is 0. The summed E-state index contributed by atoms with van der Waals surface area (Å²) in [5, 5.41) is 12.4. The number of nitrogens with one attached hydrogen (secondary N) is 1. The fraction of sp³-hybridized carbons (Fsp3) is 0.500. The molecular weight excluding hydrogens is 293 g/mol. The van der Waals surface area contributed by atoms with E-state index in [0.717, 1.165) is 29.1 Å². The Labute approximate surface area is 129 Å². The monoisotopic (exact) mass is 316 g/mol. The largest absolute Gasteiger partial charge is 0.416 e. The van der Waals surface area contributed by atoms with E-state index >= 15 is 0 Å². The van der Waals surface area contributed by atoms with Crippen molar-refractivity contribution in [2.45, 2.75) is 39.5 Å². The fourth-order valence-electron chi connectivity index (χ4n) is 2.20. The van der Waals surface area contributed by atoms with Crippen LogP contribution in [-0.2, 0) is 6.18 Å². The molecule has 0 fully saturated rings. The van der Waals surface area contributed by atoms with Gasteiger partial charge in [0.05, 0.1) is 17.9 Å². The highest BCUT2D eigenvalue weighted by atomic mass is 19.4. The van der Waals surface area contributed by atoms with E-state index in [9.17, 15) is 18.3 Å². The Balaban J connectivity index is 0.000000745. The summed E-state index contributed by atoms with van der Waals surface area (Å²) in [7, 11) is 1.79. The predicted octanol–water partition coefficient (Wildman–Crippen LogP) is 3.88. The van der Waals surface area contributed by atoms with Crippen LogP contribution in [0.4, 0.5) is 13.2 Å². The Bertz CT molecular complexity index is 509. The second-order valence-corrected chi connectivity index (χ2v) is 5.21. The number of nitrogens with zero attached hydrogens (tertiary/aromatic N) is 1. The number of likely N-dealkylation sites (N-methyl/N-ethyl adjacent to an activating group) is 1. The first-order chi connectivity index (χ1) is 10.3. The molecule has 1 aliphatic heterocycles. The Morgan fingerprint density at radius 3 is 2.05 bits per heavy atom. The zero-order valence-electron chi connectivity index (χ0n) is 13.3. The van der Waals surface area contributed by atoms with Gasteiger partial charge in [-0.25, -0.2) is 0 Å². The van der Waals surface area contributed by atoms with Crippen molar-refractivity contribution in [3.63, 3.8) is 0 Å². The maximum atomic E-state index is 12.5. The number of hydrogen-bond acceptors (Lipinski definition) is 3. The van der Waals surface area contributed by atoms with E-state index in [4.69, 9.17) is 0 Å². The van der Waals surface area contributed by atoms with Gasteiger partial charge in [0, 0.05) is 12.7 Å². The normalized spacial score (nSPS) is 18.0. The lowest BCUT2D eigenvalue weighted by Crippen LogP contribution is -2.26. The zero-order chi connectivity index (χ0) is 16.9. The lowest BCUT2D eigenvalue weighted by atomic mass is 10.1. The molecule has 1 aromatic rings. The zero-order valence-corrected chi connectivity index (χ0v) is 13.3. The highest BCUT2D eigenvalue weighted by Crippen LogP contribution is 2.32. The highest BCUT2D eigenvalue weighted by molar-refractivity contribution is 5.30. The molecule has 6 heteroatoms. The van der Waals surface area contributed by atoms with Crippen LogP contribution < -0.4 is 5.32 Å². The summed E-state index contributed by atoms with van der Waals surface area (Å²) in [6, 6.07) is 5.03. The van der Waals surface area contributed by atoms with Crippen molar-refractivity contribution in [2.75, 3.05) is 13.7 Å². The molecule has 1 aliphatic rings. The van der Waals surface area contributed by atoms with Gasteiger partial charge in [0.1, 0.15) is 6.17 Å². The van der Waals surface area contributed by atoms with Crippen LogP contribution in [0.25, 0.3) is 0 Å². The molecular formula is C16H23F3N2O. The highest BCUT2D eigenvalue weighted by Gasteiger charge is 2.31. The summed E-state index contributed by atoms with van der Waals surface area (Å²) in [4.78, 5) is 1.82. The molecule has 0 aromatic heterocycles. The van der Waals surface area contributed by atoms with Crippen molar-refractivity contribution in [3.8, 4) is 0 Å². The molecule has 0 saturated heterocycles. The van der Waals surface area contributed by atoms with Gasteiger partial charge in [-0.05, 0) is 24.6 Å². The number of rotatable bonds is 2. The van der Waals surface area contributed by atoms with Crippen molar-refractivity contribution in [2.24, 2.45) is 0 Å². The second-order valence-electron chi connectivity index (χ2n) is 5.21. The number of hydrogen-bond donors (Lipinski definition) is 2. The van der Waals surface area contributed by atoms with Crippen LogP contribution in [0.3, 0.4) is 0 Å². The molecule has 0 saturated carbocycles. The topological polar surface area (TPSA) is 35.5 Å². The van der Waals surface area contributed by atoms with Gasteiger partial charge in [-0.15, -0.1) is 0 Å². The van der Waals surface area contributed by atoms with Crippen molar-refractivity contribution in [1.82, 2.24) is 10.2 Å². The van der Waals surface area contributed by atoms with E-state index < -0.39 is 11.7 Å². The number of aliphatic hydroxyl groups excluding tert-OH is 1. The van der Waals surface area contributed by atoms with Crippen molar-refractivity contribution in [1.29, 1.82) is 0 Å².